The monoisotopic (exact) mass is 332 g/mol. The van der Waals surface area contributed by atoms with Crippen LogP contribution >= 0.6 is 0 Å². The minimum absolute atomic E-state index is 0.00160. The van der Waals surface area contributed by atoms with Gasteiger partial charge in [-0.2, -0.15) is 0 Å². The summed E-state index contributed by atoms with van der Waals surface area (Å²) in [5.41, 5.74) is -0.522. The predicted octanol–water partition coefficient (Wildman–Crippen LogP) is 1.54. The minimum Gasteiger partial charge on any atom is -0.484 e. The topological polar surface area (TPSA) is 105 Å². The van der Waals surface area contributed by atoms with Crippen LogP contribution in [0.5, 0.6) is 5.75 Å². The molecule has 2 fully saturated rings. The summed E-state index contributed by atoms with van der Waals surface area (Å²) in [6.45, 7) is -0.269. The van der Waals surface area contributed by atoms with E-state index in [-0.39, 0.29) is 18.4 Å². The number of anilines is 1. The van der Waals surface area contributed by atoms with Gasteiger partial charge in [-0.05, 0) is 44.2 Å². The second-order valence-corrected chi connectivity index (χ2v) is 6.37. The largest absolute Gasteiger partial charge is 0.484 e. The normalized spacial score (nSPS) is 18.2. The van der Waals surface area contributed by atoms with Crippen LogP contribution in [0.25, 0.3) is 0 Å². The standard InChI is InChI=1S/C17H20N2O5/c20-14(19-17(16(22)23)7-2-8-17)10-24-13-4-1-3-12(9-13)18-15(21)11-5-6-11/h1,3-4,9,11H,2,5-8,10H2,(H,18,21)(H,19,20)(H,22,23). The van der Waals surface area contributed by atoms with Crippen molar-refractivity contribution in [1.29, 1.82) is 0 Å². The van der Waals surface area contributed by atoms with Gasteiger partial charge in [0.05, 0.1) is 0 Å². The van der Waals surface area contributed by atoms with E-state index < -0.39 is 17.4 Å². The molecule has 0 aromatic heterocycles. The summed E-state index contributed by atoms with van der Waals surface area (Å²) < 4.78 is 5.40. The highest BCUT2D eigenvalue weighted by Crippen LogP contribution is 2.32. The average Bonchev–Trinajstić information content (AvgIpc) is 3.33. The number of carboxylic acids is 1. The molecule has 2 saturated carbocycles. The van der Waals surface area contributed by atoms with Gasteiger partial charge in [0.15, 0.2) is 6.61 Å². The molecule has 0 heterocycles. The highest BCUT2D eigenvalue weighted by molar-refractivity contribution is 5.94. The second kappa shape index (κ2) is 6.51. The van der Waals surface area contributed by atoms with Gasteiger partial charge in [-0.15, -0.1) is 0 Å². The van der Waals surface area contributed by atoms with Gasteiger partial charge in [0.25, 0.3) is 5.91 Å². The lowest BCUT2D eigenvalue weighted by molar-refractivity contribution is -0.152. The predicted molar refractivity (Wildman–Crippen MR) is 85.7 cm³/mol. The van der Waals surface area contributed by atoms with E-state index in [2.05, 4.69) is 10.6 Å². The second-order valence-electron chi connectivity index (χ2n) is 6.37. The molecule has 2 aliphatic carbocycles. The maximum atomic E-state index is 11.9. The molecule has 3 rings (SSSR count). The Morgan fingerprint density at radius 1 is 1.25 bits per heavy atom. The van der Waals surface area contributed by atoms with E-state index in [9.17, 15) is 19.5 Å². The molecule has 7 heteroatoms. The third-order valence-electron chi connectivity index (χ3n) is 4.41. The van der Waals surface area contributed by atoms with Crippen LogP contribution in [0.15, 0.2) is 24.3 Å². The Hall–Kier alpha value is -2.57. The van der Waals surface area contributed by atoms with E-state index in [0.29, 0.717) is 24.3 Å². The molecule has 0 aliphatic heterocycles. The third-order valence-corrected chi connectivity index (χ3v) is 4.41. The summed E-state index contributed by atoms with van der Waals surface area (Å²) in [4.78, 5) is 34.9. The van der Waals surface area contributed by atoms with Gasteiger partial charge in [-0.1, -0.05) is 6.07 Å². The van der Waals surface area contributed by atoms with Crippen LogP contribution in [0.2, 0.25) is 0 Å². The number of benzene rings is 1. The molecule has 1 aromatic carbocycles. The Labute approximate surface area is 139 Å². The van der Waals surface area contributed by atoms with E-state index >= 15 is 0 Å². The van der Waals surface area contributed by atoms with Crippen LogP contribution in [0.4, 0.5) is 5.69 Å². The van der Waals surface area contributed by atoms with Crippen molar-refractivity contribution in [3.63, 3.8) is 0 Å². The summed E-state index contributed by atoms with van der Waals surface area (Å²) >= 11 is 0. The summed E-state index contributed by atoms with van der Waals surface area (Å²) in [6.07, 6.45) is 3.52. The first-order chi connectivity index (χ1) is 11.5. The van der Waals surface area contributed by atoms with Crippen LogP contribution in [0.1, 0.15) is 32.1 Å². The summed E-state index contributed by atoms with van der Waals surface area (Å²) in [6, 6.07) is 6.79. The number of carbonyl (C=O) groups is 3. The van der Waals surface area contributed by atoms with E-state index in [1.54, 1.807) is 24.3 Å². The molecule has 0 atom stereocenters. The first kappa shape index (κ1) is 16.3. The number of rotatable bonds is 7. The Balaban J connectivity index is 1.51. The average molecular weight is 332 g/mol. The molecular formula is C17H20N2O5. The Morgan fingerprint density at radius 3 is 2.58 bits per heavy atom. The van der Waals surface area contributed by atoms with Crippen molar-refractivity contribution < 1.29 is 24.2 Å². The Bertz CT molecular complexity index is 665. The number of hydrogen-bond acceptors (Lipinski definition) is 4. The number of nitrogens with one attached hydrogen (secondary N) is 2. The van der Waals surface area contributed by atoms with Gasteiger partial charge >= 0.3 is 5.97 Å². The summed E-state index contributed by atoms with van der Waals surface area (Å²) in [5, 5.41) is 14.5. The number of carbonyl (C=O) groups excluding carboxylic acids is 2. The van der Waals surface area contributed by atoms with Crippen molar-refractivity contribution in [1.82, 2.24) is 5.32 Å². The fourth-order valence-corrected chi connectivity index (χ4v) is 2.63. The van der Waals surface area contributed by atoms with E-state index in [0.717, 1.165) is 19.3 Å². The van der Waals surface area contributed by atoms with Crippen LogP contribution in [-0.2, 0) is 14.4 Å². The maximum absolute atomic E-state index is 11.9. The fourth-order valence-electron chi connectivity index (χ4n) is 2.63. The lowest BCUT2D eigenvalue weighted by Gasteiger charge is -2.38. The highest BCUT2D eigenvalue weighted by Gasteiger charge is 2.45. The smallest absolute Gasteiger partial charge is 0.329 e. The summed E-state index contributed by atoms with van der Waals surface area (Å²) in [7, 11) is 0. The van der Waals surface area contributed by atoms with Crippen LogP contribution < -0.4 is 15.4 Å². The maximum Gasteiger partial charge on any atom is 0.329 e. The molecule has 0 unspecified atom stereocenters. The van der Waals surface area contributed by atoms with Crippen molar-refractivity contribution in [2.24, 2.45) is 5.92 Å². The van der Waals surface area contributed by atoms with Crippen LogP contribution in [0.3, 0.4) is 0 Å². The molecule has 0 spiro atoms. The van der Waals surface area contributed by atoms with Crippen LogP contribution in [0, 0.1) is 5.92 Å². The summed E-state index contributed by atoms with van der Waals surface area (Å²) in [5.74, 6) is -0.929. The molecule has 0 radical (unpaired) electrons. The van der Waals surface area contributed by atoms with E-state index in [1.165, 1.54) is 0 Å². The zero-order valence-electron chi connectivity index (χ0n) is 13.2. The van der Waals surface area contributed by atoms with Crippen molar-refractivity contribution in [2.75, 3.05) is 11.9 Å². The van der Waals surface area contributed by atoms with Gasteiger partial charge in [0, 0.05) is 17.7 Å². The Morgan fingerprint density at radius 2 is 2.00 bits per heavy atom. The lowest BCUT2D eigenvalue weighted by Crippen LogP contribution is -2.59. The molecule has 3 N–H and O–H groups in total. The zero-order chi connectivity index (χ0) is 17.2. The first-order valence-corrected chi connectivity index (χ1v) is 8.07. The van der Waals surface area contributed by atoms with Gasteiger partial charge in [-0.25, -0.2) is 4.79 Å². The number of amides is 2. The number of ether oxygens (including phenoxy) is 1. The van der Waals surface area contributed by atoms with Crippen molar-refractivity contribution >= 4 is 23.5 Å². The van der Waals surface area contributed by atoms with Gasteiger partial charge < -0.3 is 20.5 Å². The molecule has 7 nitrogen and oxygen atoms in total. The molecule has 24 heavy (non-hydrogen) atoms. The first-order valence-electron chi connectivity index (χ1n) is 8.07. The lowest BCUT2D eigenvalue weighted by atomic mass is 9.77. The van der Waals surface area contributed by atoms with Crippen molar-refractivity contribution in [2.45, 2.75) is 37.6 Å². The molecule has 2 aliphatic rings. The van der Waals surface area contributed by atoms with Gasteiger partial charge in [-0.3, -0.25) is 9.59 Å². The quantitative estimate of drug-likeness (QED) is 0.702. The molecule has 128 valence electrons. The molecular weight excluding hydrogens is 312 g/mol. The highest BCUT2D eigenvalue weighted by atomic mass is 16.5. The van der Waals surface area contributed by atoms with Crippen LogP contribution in [-0.4, -0.2) is 35.0 Å². The Kier molecular flexibility index (Phi) is 4.42. The number of carboxylic acid groups (broad SMARTS) is 1. The number of hydrogen-bond donors (Lipinski definition) is 3. The van der Waals surface area contributed by atoms with Crippen molar-refractivity contribution in [3.8, 4) is 5.75 Å². The number of aliphatic carboxylic acids is 1. The molecule has 2 amide bonds. The molecule has 0 saturated heterocycles. The van der Waals surface area contributed by atoms with E-state index in [4.69, 9.17) is 4.74 Å². The SMILES string of the molecule is O=C(COc1cccc(NC(=O)C2CC2)c1)NC1(C(=O)O)CCC1. The zero-order valence-corrected chi connectivity index (χ0v) is 13.2. The van der Waals surface area contributed by atoms with Gasteiger partial charge in [0.2, 0.25) is 5.91 Å². The van der Waals surface area contributed by atoms with E-state index in [1.807, 2.05) is 0 Å². The van der Waals surface area contributed by atoms with Gasteiger partial charge in [0.1, 0.15) is 11.3 Å². The molecule has 0 bridgehead atoms. The fraction of sp³-hybridized carbons (Fsp3) is 0.471. The molecule has 1 aromatic rings. The minimum atomic E-state index is -1.14. The van der Waals surface area contributed by atoms with Crippen molar-refractivity contribution in [3.05, 3.63) is 24.3 Å². The third kappa shape index (κ3) is 3.67.